The maximum atomic E-state index is 13.4. The average Bonchev–Trinajstić information content (AvgIpc) is 2.78. The molecule has 6 nitrogen and oxygen atoms in total. The summed E-state index contributed by atoms with van der Waals surface area (Å²) in [6.07, 6.45) is 0.739. The maximum Gasteiger partial charge on any atom is 0.416 e. The summed E-state index contributed by atoms with van der Waals surface area (Å²) in [5.41, 5.74) is -0.881. The minimum Gasteiger partial charge on any atom is -0.494 e. The van der Waals surface area contributed by atoms with Crippen LogP contribution in [0.4, 0.5) is 19.1 Å². The van der Waals surface area contributed by atoms with Crippen LogP contribution in [0.15, 0.2) is 30.6 Å². The number of anilines is 1. The molecule has 0 aliphatic carbocycles. The van der Waals surface area contributed by atoms with Gasteiger partial charge in [-0.1, -0.05) is 24.6 Å². The number of halogens is 4. The van der Waals surface area contributed by atoms with Crippen molar-refractivity contribution in [3.8, 4) is 5.75 Å². The number of alkyl halides is 3. The highest BCUT2D eigenvalue weighted by molar-refractivity contribution is 6.30. The van der Waals surface area contributed by atoms with Crippen LogP contribution in [-0.4, -0.2) is 40.7 Å². The van der Waals surface area contributed by atoms with E-state index in [0.29, 0.717) is 29.4 Å². The van der Waals surface area contributed by atoms with Gasteiger partial charge in [-0.25, -0.2) is 9.97 Å². The Hall–Kier alpha value is -2.55. The number of ether oxygens (including phenoxy) is 1. The van der Waals surface area contributed by atoms with E-state index in [4.69, 9.17) is 21.4 Å². The van der Waals surface area contributed by atoms with E-state index in [1.165, 1.54) is 12.1 Å². The third kappa shape index (κ3) is 7.22. The zero-order chi connectivity index (χ0) is 24.0. The molecule has 1 aliphatic rings. The summed E-state index contributed by atoms with van der Waals surface area (Å²) in [5, 5.41) is 9.26. The fourth-order valence-corrected chi connectivity index (χ4v) is 4.20. The molecule has 33 heavy (non-hydrogen) atoms. The van der Waals surface area contributed by atoms with Crippen LogP contribution in [0, 0.1) is 11.8 Å². The van der Waals surface area contributed by atoms with Gasteiger partial charge in [-0.05, 0) is 55.2 Å². The van der Waals surface area contributed by atoms with E-state index < -0.39 is 17.7 Å². The second-order valence-electron chi connectivity index (χ2n) is 8.35. The first-order valence-electron chi connectivity index (χ1n) is 10.9. The molecule has 0 unspecified atom stereocenters. The second kappa shape index (κ2) is 11.0. The Labute approximate surface area is 195 Å². The maximum absolute atomic E-state index is 13.4. The lowest BCUT2D eigenvalue weighted by Gasteiger charge is -2.34. The summed E-state index contributed by atoms with van der Waals surface area (Å²) in [5.74, 6) is 0.518. The minimum absolute atomic E-state index is 0.0398. The van der Waals surface area contributed by atoms with Gasteiger partial charge in [-0.15, -0.1) is 0 Å². The molecule has 0 bridgehead atoms. The average molecular weight is 486 g/mol. The van der Waals surface area contributed by atoms with Crippen LogP contribution in [0.3, 0.4) is 0 Å². The van der Waals surface area contributed by atoms with Crippen LogP contribution < -0.4 is 9.64 Å². The predicted octanol–water partition coefficient (Wildman–Crippen LogP) is 5.49. The number of hydrogen-bond donors (Lipinski definition) is 1. The molecule has 3 rings (SSSR count). The van der Waals surface area contributed by atoms with Crippen molar-refractivity contribution >= 4 is 23.5 Å². The summed E-state index contributed by atoms with van der Waals surface area (Å²) >= 11 is 5.84. The molecule has 10 heteroatoms. The highest BCUT2D eigenvalue weighted by Crippen LogP contribution is 2.35. The molecule has 180 valence electrons. The molecule has 0 saturated carbocycles. The Balaban J connectivity index is 1.49. The third-order valence-electron chi connectivity index (χ3n) is 6.07. The van der Waals surface area contributed by atoms with Crippen molar-refractivity contribution in [2.75, 3.05) is 24.6 Å². The first-order chi connectivity index (χ1) is 15.6. The third-order valence-corrected chi connectivity index (χ3v) is 6.27. The van der Waals surface area contributed by atoms with Gasteiger partial charge in [0.25, 0.3) is 0 Å². The molecule has 1 atom stereocenters. The van der Waals surface area contributed by atoms with Crippen LogP contribution in [0.2, 0.25) is 5.02 Å². The standard InChI is InChI=1S/C23H27ClF3N3O3/c1-15(16-6-9-30(10-7-16)22-28-13-18(24)14-29-22)8-11-33-19-4-2-17(3-5-21(31)32)20(12-19)23(25,26)27/h2,4,12-16H,3,5-11H2,1H3,(H,31,32)/t15-/m1/s1. The molecule has 1 N–H and O–H groups in total. The van der Waals surface area contributed by atoms with Gasteiger partial charge in [0.2, 0.25) is 5.95 Å². The van der Waals surface area contributed by atoms with Gasteiger partial charge in [0.1, 0.15) is 5.75 Å². The molecule has 0 radical (unpaired) electrons. The molecule has 0 spiro atoms. The van der Waals surface area contributed by atoms with Crippen molar-refractivity contribution in [3.63, 3.8) is 0 Å². The number of aliphatic carboxylic acids is 1. The van der Waals surface area contributed by atoms with Crippen LogP contribution in [0.5, 0.6) is 5.75 Å². The lowest BCUT2D eigenvalue weighted by molar-refractivity contribution is -0.140. The zero-order valence-electron chi connectivity index (χ0n) is 18.3. The number of hydrogen-bond acceptors (Lipinski definition) is 5. The van der Waals surface area contributed by atoms with Crippen molar-refractivity contribution in [2.24, 2.45) is 11.8 Å². The van der Waals surface area contributed by atoms with Crippen molar-refractivity contribution in [3.05, 3.63) is 46.7 Å². The monoisotopic (exact) mass is 485 g/mol. The largest absolute Gasteiger partial charge is 0.494 e. The van der Waals surface area contributed by atoms with Gasteiger partial charge in [-0.2, -0.15) is 13.2 Å². The Morgan fingerprint density at radius 1 is 1.27 bits per heavy atom. The molecular formula is C23H27ClF3N3O3. The van der Waals surface area contributed by atoms with Crippen LogP contribution in [0.25, 0.3) is 0 Å². The normalized spacial score (nSPS) is 16.0. The van der Waals surface area contributed by atoms with Crippen LogP contribution in [0.1, 0.15) is 43.7 Å². The lowest BCUT2D eigenvalue weighted by Crippen LogP contribution is -2.36. The van der Waals surface area contributed by atoms with Gasteiger partial charge >= 0.3 is 12.1 Å². The van der Waals surface area contributed by atoms with E-state index in [1.54, 1.807) is 12.4 Å². The predicted molar refractivity (Wildman–Crippen MR) is 119 cm³/mol. The second-order valence-corrected chi connectivity index (χ2v) is 8.79. The van der Waals surface area contributed by atoms with Crippen LogP contribution in [-0.2, 0) is 17.4 Å². The Bertz CT molecular complexity index is 933. The number of aromatic nitrogens is 2. The molecule has 1 fully saturated rings. The number of aryl methyl sites for hydroxylation is 1. The molecule has 1 aromatic heterocycles. The Kier molecular flexibility index (Phi) is 8.40. The number of carboxylic acids is 1. The molecular weight excluding hydrogens is 459 g/mol. The smallest absolute Gasteiger partial charge is 0.416 e. The van der Waals surface area contributed by atoms with E-state index in [1.807, 2.05) is 0 Å². The summed E-state index contributed by atoms with van der Waals surface area (Å²) in [6, 6.07) is 3.74. The van der Waals surface area contributed by atoms with E-state index in [9.17, 15) is 18.0 Å². The van der Waals surface area contributed by atoms with Crippen molar-refractivity contribution < 1.29 is 27.8 Å². The van der Waals surface area contributed by atoms with Gasteiger partial charge in [0.15, 0.2) is 0 Å². The molecule has 2 aromatic rings. The highest BCUT2D eigenvalue weighted by Gasteiger charge is 2.34. The topological polar surface area (TPSA) is 75.6 Å². The number of carboxylic acid groups (broad SMARTS) is 1. The van der Waals surface area contributed by atoms with Crippen molar-refractivity contribution in [2.45, 2.75) is 45.2 Å². The minimum atomic E-state index is -4.57. The first kappa shape index (κ1) is 25.1. The summed E-state index contributed by atoms with van der Waals surface area (Å²) < 4.78 is 45.8. The van der Waals surface area contributed by atoms with E-state index in [2.05, 4.69) is 21.8 Å². The van der Waals surface area contributed by atoms with Gasteiger partial charge in [0.05, 0.1) is 29.6 Å². The number of benzene rings is 1. The number of nitrogens with zero attached hydrogens (tertiary/aromatic N) is 3. The molecule has 1 saturated heterocycles. The summed E-state index contributed by atoms with van der Waals surface area (Å²) in [4.78, 5) is 21.4. The highest BCUT2D eigenvalue weighted by atomic mass is 35.5. The number of carbonyl (C=O) groups is 1. The zero-order valence-corrected chi connectivity index (χ0v) is 19.1. The quantitative estimate of drug-likeness (QED) is 0.506. The first-order valence-corrected chi connectivity index (χ1v) is 11.3. The SMILES string of the molecule is C[C@H](CCOc1ccc(CCC(=O)O)c(C(F)(F)F)c1)C1CCN(c2ncc(Cl)cn2)CC1. The fourth-order valence-electron chi connectivity index (χ4n) is 4.10. The van der Waals surface area contributed by atoms with E-state index in [-0.39, 0.29) is 24.2 Å². The fraction of sp³-hybridized carbons (Fsp3) is 0.522. The number of piperidine rings is 1. The van der Waals surface area contributed by atoms with Crippen LogP contribution >= 0.6 is 11.6 Å². The van der Waals surface area contributed by atoms with Crippen molar-refractivity contribution in [1.29, 1.82) is 0 Å². The van der Waals surface area contributed by atoms with E-state index in [0.717, 1.165) is 38.4 Å². The van der Waals surface area contributed by atoms with Crippen molar-refractivity contribution in [1.82, 2.24) is 9.97 Å². The number of rotatable bonds is 9. The van der Waals surface area contributed by atoms with Gasteiger partial charge < -0.3 is 14.7 Å². The Morgan fingerprint density at radius 3 is 2.55 bits per heavy atom. The Morgan fingerprint density at radius 2 is 1.94 bits per heavy atom. The molecule has 0 amide bonds. The molecule has 1 aliphatic heterocycles. The van der Waals surface area contributed by atoms with E-state index >= 15 is 0 Å². The van der Waals surface area contributed by atoms with Gasteiger partial charge in [0, 0.05) is 19.5 Å². The molecule has 1 aromatic carbocycles. The van der Waals surface area contributed by atoms with Gasteiger partial charge in [-0.3, -0.25) is 4.79 Å². The molecule has 2 heterocycles. The lowest BCUT2D eigenvalue weighted by atomic mass is 9.84. The summed E-state index contributed by atoms with van der Waals surface area (Å²) in [6.45, 7) is 4.13. The summed E-state index contributed by atoms with van der Waals surface area (Å²) in [7, 11) is 0.